The molecule has 2 heterocycles. The van der Waals surface area contributed by atoms with Crippen molar-refractivity contribution in [3.05, 3.63) is 0 Å². The van der Waals surface area contributed by atoms with E-state index in [0.29, 0.717) is 13.0 Å². The Labute approximate surface area is 233 Å². The molecule has 0 bridgehead atoms. The van der Waals surface area contributed by atoms with Crippen LogP contribution in [0.1, 0.15) is 26.2 Å². The lowest BCUT2D eigenvalue weighted by Gasteiger charge is -2.49. The third kappa shape index (κ3) is 7.64. The van der Waals surface area contributed by atoms with Crippen LogP contribution in [0.5, 0.6) is 0 Å². The van der Waals surface area contributed by atoms with Gasteiger partial charge in [-0.05, 0) is 40.3 Å². The van der Waals surface area contributed by atoms with E-state index in [2.05, 4.69) is 16.0 Å². The SMILES string of the molecule is CNCC1CCC(N)C(OC2C(N)CC(NC(=O)C(O)C(O)CN)C(OC3OCC(C)(O)C(NC)C3O)C2O)O1. The summed E-state index contributed by atoms with van der Waals surface area (Å²) in [4.78, 5) is 12.7. The molecule has 14 N–H and O–H groups in total. The zero-order chi connectivity index (χ0) is 29.8. The van der Waals surface area contributed by atoms with Gasteiger partial charge in [-0.15, -0.1) is 0 Å². The first-order valence-electron chi connectivity index (χ1n) is 13.7. The first kappa shape index (κ1) is 33.4. The summed E-state index contributed by atoms with van der Waals surface area (Å²) in [7, 11) is 3.36. The Kier molecular flexibility index (Phi) is 12.0. The number of likely N-dealkylation sites (N-methyl/N-ethyl adjacent to an activating group) is 2. The minimum absolute atomic E-state index is 0.0153. The number of aliphatic hydroxyl groups excluding tert-OH is 4. The molecule has 14 unspecified atom stereocenters. The number of hydrogen-bond acceptors (Lipinski definition) is 15. The number of aliphatic hydroxyl groups is 5. The van der Waals surface area contributed by atoms with Gasteiger partial charge in [-0.3, -0.25) is 4.79 Å². The van der Waals surface area contributed by atoms with Gasteiger partial charge in [0.15, 0.2) is 18.7 Å². The third-order valence-electron chi connectivity index (χ3n) is 7.87. The molecule has 16 heteroatoms. The van der Waals surface area contributed by atoms with Crippen LogP contribution in [0, 0.1) is 0 Å². The quantitative estimate of drug-likeness (QED) is 0.109. The molecule has 2 saturated heterocycles. The van der Waals surface area contributed by atoms with Crippen LogP contribution in [-0.2, 0) is 23.7 Å². The van der Waals surface area contributed by atoms with Gasteiger partial charge in [-0.25, -0.2) is 0 Å². The Morgan fingerprint density at radius 1 is 1.07 bits per heavy atom. The molecule has 3 rings (SSSR count). The first-order chi connectivity index (χ1) is 18.8. The highest BCUT2D eigenvalue weighted by Gasteiger charge is 2.52. The summed E-state index contributed by atoms with van der Waals surface area (Å²) < 4.78 is 23.8. The third-order valence-corrected chi connectivity index (χ3v) is 7.87. The number of rotatable bonds is 11. The van der Waals surface area contributed by atoms with E-state index >= 15 is 0 Å². The summed E-state index contributed by atoms with van der Waals surface area (Å²) in [6, 6.07) is -3.14. The van der Waals surface area contributed by atoms with Crippen molar-refractivity contribution < 1.29 is 49.3 Å². The monoisotopic (exact) mass is 580 g/mol. The number of ether oxygens (including phenoxy) is 4. The molecule has 1 aliphatic carbocycles. The molecule has 0 aromatic heterocycles. The average Bonchev–Trinajstić information content (AvgIpc) is 2.90. The molecule has 2 aliphatic heterocycles. The summed E-state index contributed by atoms with van der Waals surface area (Å²) in [6.45, 7) is 1.52. The molecular formula is C24H48N6O10. The zero-order valence-corrected chi connectivity index (χ0v) is 23.3. The molecule has 0 aromatic carbocycles. The topological polar surface area (TPSA) is 269 Å². The van der Waals surface area contributed by atoms with Gasteiger partial charge in [-0.2, -0.15) is 0 Å². The fourth-order valence-electron chi connectivity index (χ4n) is 5.57. The number of hydrogen-bond donors (Lipinski definition) is 11. The average molecular weight is 581 g/mol. The van der Waals surface area contributed by atoms with Crippen LogP contribution < -0.4 is 33.2 Å². The van der Waals surface area contributed by atoms with Gasteiger partial charge in [0.1, 0.15) is 36.1 Å². The molecule has 0 radical (unpaired) electrons. The van der Waals surface area contributed by atoms with Crippen LogP contribution in [0.15, 0.2) is 0 Å². The zero-order valence-electron chi connectivity index (χ0n) is 23.3. The van der Waals surface area contributed by atoms with E-state index in [1.807, 2.05) is 0 Å². The number of amides is 1. The lowest BCUT2D eigenvalue weighted by molar-refractivity contribution is -0.307. The number of carbonyl (C=O) groups excluding carboxylic acids is 1. The second-order valence-corrected chi connectivity index (χ2v) is 11.2. The lowest BCUT2D eigenvalue weighted by Crippen LogP contribution is -2.69. The molecule has 40 heavy (non-hydrogen) atoms. The van der Waals surface area contributed by atoms with E-state index in [4.69, 9.17) is 36.1 Å². The highest BCUT2D eigenvalue weighted by atomic mass is 16.7. The Bertz CT molecular complexity index is 814. The minimum atomic E-state index is -1.84. The van der Waals surface area contributed by atoms with Gasteiger partial charge < -0.3 is 77.6 Å². The second kappa shape index (κ2) is 14.4. The van der Waals surface area contributed by atoms with Crippen molar-refractivity contribution in [2.45, 2.75) is 111 Å². The van der Waals surface area contributed by atoms with Gasteiger partial charge in [-0.1, -0.05) is 0 Å². The normalized spacial score (nSPS) is 44.1. The second-order valence-electron chi connectivity index (χ2n) is 11.2. The van der Waals surface area contributed by atoms with Gasteiger partial charge in [0.25, 0.3) is 5.91 Å². The smallest absolute Gasteiger partial charge is 0.251 e. The number of nitrogens with one attached hydrogen (secondary N) is 3. The van der Waals surface area contributed by atoms with E-state index in [1.165, 1.54) is 6.92 Å². The highest BCUT2D eigenvalue weighted by molar-refractivity contribution is 5.81. The number of carbonyl (C=O) groups is 1. The van der Waals surface area contributed by atoms with Gasteiger partial charge in [0.05, 0.1) is 30.8 Å². The van der Waals surface area contributed by atoms with Crippen molar-refractivity contribution in [1.82, 2.24) is 16.0 Å². The fourth-order valence-corrected chi connectivity index (χ4v) is 5.57. The largest absolute Gasteiger partial charge is 0.389 e. The predicted octanol–water partition coefficient (Wildman–Crippen LogP) is -5.88. The van der Waals surface area contributed by atoms with E-state index < -0.39 is 84.9 Å². The van der Waals surface area contributed by atoms with Crippen LogP contribution in [0.25, 0.3) is 0 Å². The van der Waals surface area contributed by atoms with Gasteiger partial charge in [0.2, 0.25) is 0 Å². The molecule has 14 atom stereocenters. The summed E-state index contributed by atoms with van der Waals surface area (Å²) in [5, 5.41) is 61.4. The molecule has 16 nitrogen and oxygen atoms in total. The maximum atomic E-state index is 12.7. The van der Waals surface area contributed by atoms with Crippen molar-refractivity contribution in [1.29, 1.82) is 0 Å². The number of nitrogens with two attached hydrogens (primary N) is 3. The van der Waals surface area contributed by atoms with Crippen molar-refractivity contribution in [2.24, 2.45) is 17.2 Å². The molecule has 1 saturated carbocycles. The molecule has 3 aliphatic rings. The van der Waals surface area contributed by atoms with E-state index in [0.717, 1.165) is 6.42 Å². The molecule has 0 spiro atoms. The molecule has 234 valence electrons. The van der Waals surface area contributed by atoms with Gasteiger partial charge >= 0.3 is 0 Å². The maximum Gasteiger partial charge on any atom is 0.251 e. The van der Waals surface area contributed by atoms with Crippen LogP contribution >= 0.6 is 0 Å². The highest BCUT2D eigenvalue weighted by Crippen LogP contribution is 2.32. The predicted molar refractivity (Wildman–Crippen MR) is 140 cm³/mol. The van der Waals surface area contributed by atoms with Crippen molar-refractivity contribution >= 4 is 5.91 Å². The standard InChI is InChI=1S/C24H48N6O10/c1-24(36)9-37-23(17(34)20(24)29-3)40-19-13(30-21(35)15(32)14(31)7-25)6-12(27)18(16(19)33)39-22-11(26)5-4-10(38-22)8-28-2/h10-20,22-23,28-29,31-34,36H,4-9,25-27H2,1-3H3,(H,30,35). The Morgan fingerprint density at radius 3 is 2.38 bits per heavy atom. The maximum absolute atomic E-state index is 12.7. The lowest BCUT2D eigenvalue weighted by atomic mass is 9.83. The Morgan fingerprint density at radius 2 is 1.75 bits per heavy atom. The summed E-state index contributed by atoms with van der Waals surface area (Å²) in [6.07, 6.45) is -9.48. The first-order valence-corrected chi connectivity index (χ1v) is 13.7. The van der Waals surface area contributed by atoms with Crippen LogP contribution in [-0.4, -0.2) is 150 Å². The van der Waals surface area contributed by atoms with Gasteiger partial charge in [0, 0.05) is 19.1 Å². The van der Waals surface area contributed by atoms with Crippen LogP contribution in [0.3, 0.4) is 0 Å². The molecule has 3 fully saturated rings. The van der Waals surface area contributed by atoms with E-state index in [-0.39, 0.29) is 25.7 Å². The summed E-state index contributed by atoms with van der Waals surface area (Å²) in [5.41, 5.74) is 16.6. The molecular weight excluding hydrogens is 532 g/mol. The summed E-state index contributed by atoms with van der Waals surface area (Å²) in [5.74, 6) is -0.955. The minimum Gasteiger partial charge on any atom is -0.389 e. The Hall–Kier alpha value is -1.09. The Balaban J connectivity index is 1.82. The van der Waals surface area contributed by atoms with Crippen molar-refractivity contribution in [2.75, 3.05) is 33.8 Å². The fraction of sp³-hybridized carbons (Fsp3) is 0.958. The molecule has 0 aromatic rings. The van der Waals surface area contributed by atoms with E-state index in [9.17, 15) is 30.3 Å². The molecule has 1 amide bonds. The summed E-state index contributed by atoms with van der Waals surface area (Å²) >= 11 is 0. The van der Waals surface area contributed by atoms with Crippen molar-refractivity contribution in [3.8, 4) is 0 Å². The van der Waals surface area contributed by atoms with Crippen LogP contribution in [0.2, 0.25) is 0 Å². The van der Waals surface area contributed by atoms with E-state index in [1.54, 1.807) is 14.1 Å². The van der Waals surface area contributed by atoms with Crippen molar-refractivity contribution in [3.63, 3.8) is 0 Å². The van der Waals surface area contributed by atoms with Crippen LogP contribution in [0.4, 0.5) is 0 Å².